The molecule has 0 bridgehead atoms. The van der Waals surface area contributed by atoms with E-state index in [1.54, 1.807) is 14.0 Å². The van der Waals surface area contributed by atoms with Gasteiger partial charge in [0.05, 0.1) is 6.54 Å². The molecule has 1 N–H and O–H groups in total. The van der Waals surface area contributed by atoms with Gasteiger partial charge in [-0.25, -0.2) is 4.79 Å². The van der Waals surface area contributed by atoms with E-state index in [9.17, 15) is 14.4 Å². The van der Waals surface area contributed by atoms with Gasteiger partial charge in [0.1, 0.15) is 11.2 Å². The molecule has 0 radical (unpaired) electrons. The highest BCUT2D eigenvalue weighted by atomic mass is 16.2. The predicted molar refractivity (Wildman–Crippen MR) is 100 cm³/mol. The number of carbonyl (C=O) groups excluding carboxylic acids is 1. The van der Waals surface area contributed by atoms with Crippen molar-refractivity contribution < 1.29 is 4.79 Å². The summed E-state index contributed by atoms with van der Waals surface area (Å²) in [4.78, 5) is 37.6. The SMILES string of the molecule is CCn1c(=O)c2c(NC)n(C(C)=O)nc2n(Cc2ccc(C)cc2)c1=O. The lowest BCUT2D eigenvalue weighted by Gasteiger charge is -2.10. The number of anilines is 1. The molecule has 136 valence electrons. The zero-order chi connectivity index (χ0) is 19.0. The fourth-order valence-corrected chi connectivity index (χ4v) is 3.01. The Morgan fingerprint density at radius 2 is 1.81 bits per heavy atom. The van der Waals surface area contributed by atoms with Gasteiger partial charge in [-0.2, -0.15) is 4.68 Å². The van der Waals surface area contributed by atoms with Crippen LogP contribution in [0.1, 0.15) is 29.8 Å². The zero-order valence-corrected chi connectivity index (χ0v) is 15.2. The van der Waals surface area contributed by atoms with Gasteiger partial charge in [0.15, 0.2) is 5.65 Å². The molecule has 0 saturated carbocycles. The normalized spacial score (nSPS) is 11.1. The number of hydrogen-bond acceptors (Lipinski definition) is 5. The fraction of sp³-hybridized carbons (Fsp3) is 0.333. The van der Waals surface area contributed by atoms with Gasteiger partial charge in [0.25, 0.3) is 5.56 Å². The van der Waals surface area contributed by atoms with Crippen LogP contribution in [0.2, 0.25) is 0 Å². The van der Waals surface area contributed by atoms with Crippen LogP contribution >= 0.6 is 0 Å². The second-order valence-electron chi connectivity index (χ2n) is 6.13. The molecule has 0 spiro atoms. The first-order valence-corrected chi connectivity index (χ1v) is 8.39. The van der Waals surface area contributed by atoms with E-state index in [-0.39, 0.29) is 35.8 Å². The van der Waals surface area contributed by atoms with Crippen molar-refractivity contribution in [1.82, 2.24) is 18.9 Å². The van der Waals surface area contributed by atoms with Crippen molar-refractivity contribution in [2.45, 2.75) is 33.9 Å². The molecule has 0 aliphatic rings. The highest BCUT2D eigenvalue weighted by Gasteiger charge is 2.22. The molecule has 8 heteroatoms. The van der Waals surface area contributed by atoms with Crippen molar-refractivity contribution in [3.8, 4) is 0 Å². The summed E-state index contributed by atoms with van der Waals surface area (Å²) in [6.45, 7) is 5.57. The lowest BCUT2D eigenvalue weighted by molar-refractivity contribution is 0.0924. The van der Waals surface area contributed by atoms with E-state index in [1.165, 1.54) is 11.5 Å². The lowest BCUT2D eigenvalue weighted by Crippen LogP contribution is -2.39. The maximum absolute atomic E-state index is 12.9. The number of hydrogen-bond donors (Lipinski definition) is 1. The summed E-state index contributed by atoms with van der Waals surface area (Å²) < 4.78 is 3.71. The van der Waals surface area contributed by atoms with Gasteiger partial charge in [-0.3, -0.25) is 18.7 Å². The van der Waals surface area contributed by atoms with Gasteiger partial charge in [0, 0.05) is 20.5 Å². The molecule has 0 unspecified atom stereocenters. The Morgan fingerprint density at radius 3 is 2.35 bits per heavy atom. The molecule has 0 saturated heterocycles. The van der Waals surface area contributed by atoms with E-state index >= 15 is 0 Å². The molecule has 2 heterocycles. The Hall–Kier alpha value is -3.16. The number of nitrogens with zero attached hydrogens (tertiary/aromatic N) is 4. The van der Waals surface area contributed by atoms with Crippen molar-refractivity contribution in [2.75, 3.05) is 12.4 Å². The minimum atomic E-state index is -0.454. The van der Waals surface area contributed by atoms with Crippen molar-refractivity contribution in [1.29, 1.82) is 0 Å². The number of rotatable bonds is 4. The standard InChI is InChI=1S/C18H21N5O3/c1-5-21-17(25)14-15(19-4)23(12(3)24)20-16(14)22(18(21)26)10-13-8-6-11(2)7-9-13/h6-9,19H,5,10H2,1-4H3. The van der Waals surface area contributed by atoms with E-state index in [0.29, 0.717) is 0 Å². The summed E-state index contributed by atoms with van der Waals surface area (Å²) in [6.07, 6.45) is 0. The summed E-state index contributed by atoms with van der Waals surface area (Å²) >= 11 is 0. The highest BCUT2D eigenvalue weighted by Crippen LogP contribution is 2.19. The van der Waals surface area contributed by atoms with Gasteiger partial charge in [-0.15, -0.1) is 5.10 Å². The van der Waals surface area contributed by atoms with Crippen LogP contribution in [0, 0.1) is 6.92 Å². The number of benzene rings is 1. The summed E-state index contributed by atoms with van der Waals surface area (Å²) in [5.41, 5.74) is 1.32. The van der Waals surface area contributed by atoms with E-state index in [4.69, 9.17) is 0 Å². The maximum Gasteiger partial charge on any atom is 0.333 e. The molecule has 0 fully saturated rings. The van der Waals surface area contributed by atoms with E-state index in [1.807, 2.05) is 31.2 Å². The number of aryl methyl sites for hydroxylation is 1. The van der Waals surface area contributed by atoms with Crippen LogP contribution in [0.4, 0.5) is 5.82 Å². The number of carbonyl (C=O) groups is 1. The summed E-state index contributed by atoms with van der Waals surface area (Å²) in [5, 5.41) is 7.34. The summed E-state index contributed by atoms with van der Waals surface area (Å²) in [6, 6.07) is 7.77. The molecule has 0 amide bonds. The Kier molecular flexibility index (Phi) is 4.50. The lowest BCUT2D eigenvalue weighted by atomic mass is 10.1. The molecular weight excluding hydrogens is 334 g/mol. The Balaban J connectivity index is 2.37. The molecule has 3 aromatic rings. The summed E-state index contributed by atoms with van der Waals surface area (Å²) in [7, 11) is 1.61. The minimum absolute atomic E-state index is 0.199. The van der Waals surface area contributed by atoms with Gasteiger partial charge in [-0.1, -0.05) is 29.8 Å². The van der Waals surface area contributed by atoms with E-state index < -0.39 is 11.2 Å². The molecular formula is C18H21N5O3. The summed E-state index contributed by atoms with van der Waals surface area (Å²) in [5.74, 6) is -0.0558. The van der Waals surface area contributed by atoms with Crippen LogP contribution in [-0.2, 0) is 13.1 Å². The molecule has 0 aliphatic carbocycles. The van der Waals surface area contributed by atoms with Crippen LogP contribution in [0.5, 0.6) is 0 Å². The third-order valence-corrected chi connectivity index (χ3v) is 4.36. The number of fused-ring (bicyclic) bond motifs is 1. The largest absolute Gasteiger partial charge is 0.372 e. The Labute approximate surface area is 149 Å². The molecule has 0 aliphatic heterocycles. The van der Waals surface area contributed by atoms with Crippen molar-refractivity contribution in [3.05, 3.63) is 56.2 Å². The molecule has 1 aromatic carbocycles. The molecule has 2 aromatic heterocycles. The maximum atomic E-state index is 12.9. The molecule has 8 nitrogen and oxygen atoms in total. The zero-order valence-electron chi connectivity index (χ0n) is 15.2. The van der Waals surface area contributed by atoms with Crippen LogP contribution in [-0.4, -0.2) is 31.9 Å². The van der Waals surface area contributed by atoms with Crippen LogP contribution in [0.25, 0.3) is 11.0 Å². The second kappa shape index (κ2) is 6.62. The monoisotopic (exact) mass is 355 g/mol. The number of aromatic nitrogens is 4. The first-order valence-electron chi connectivity index (χ1n) is 8.39. The van der Waals surface area contributed by atoms with Gasteiger partial charge in [0.2, 0.25) is 5.91 Å². The molecule has 0 atom stereocenters. The molecule has 3 rings (SSSR count). The van der Waals surface area contributed by atoms with Crippen molar-refractivity contribution >= 4 is 22.8 Å². The van der Waals surface area contributed by atoms with E-state index in [2.05, 4.69) is 10.4 Å². The quantitative estimate of drug-likeness (QED) is 0.765. The topological polar surface area (TPSA) is 90.9 Å². The smallest absolute Gasteiger partial charge is 0.333 e. The third-order valence-electron chi connectivity index (χ3n) is 4.36. The Morgan fingerprint density at radius 1 is 1.15 bits per heavy atom. The second-order valence-corrected chi connectivity index (χ2v) is 6.13. The first kappa shape index (κ1) is 17.7. The van der Waals surface area contributed by atoms with Crippen LogP contribution in [0.3, 0.4) is 0 Å². The van der Waals surface area contributed by atoms with Crippen molar-refractivity contribution in [2.24, 2.45) is 0 Å². The predicted octanol–water partition coefficient (Wildman–Crippen LogP) is 1.44. The van der Waals surface area contributed by atoms with Gasteiger partial charge >= 0.3 is 5.69 Å². The van der Waals surface area contributed by atoms with Gasteiger partial charge < -0.3 is 5.32 Å². The van der Waals surface area contributed by atoms with Gasteiger partial charge in [-0.05, 0) is 19.4 Å². The third kappa shape index (κ3) is 2.73. The molecule has 26 heavy (non-hydrogen) atoms. The van der Waals surface area contributed by atoms with Crippen molar-refractivity contribution in [3.63, 3.8) is 0 Å². The average Bonchev–Trinajstić information content (AvgIpc) is 3.00. The fourth-order valence-electron chi connectivity index (χ4n) is 3.01. The van der Waals surface area contributed by atoms with Crippen LogP contribution < -0.4 is 16.6 Å². The minimum Gasteiger partial charge on any atom is -0.372 e. The number of nitrogens with one attached hydrogen (secondary N) is 1. The van der Waals surface area contributed by atoms with E-state index in [0.717, 1.165) is 20.4 Å². The highest BCUT2D eigenvalue weighted by molar-refractivity contribution is 5.93. The van der Waals surface area contributed by atoms with Crippen LogP contribution in [0.15, 0.2) is 33.9 Å². The first-order chi connectivity index (χ1) is 12.4. The average molecular weight is 355 g/mol. The Bertz CT molecular complexity index is 1100.